The van der Waals surface area contributed by atoms with Gasteiger partial charge in [0.05, 0.1) is 17.2 Å². The molecule has 0 N–H and O–H groups in total. The maximum Gasteiger partial charge on any atom is 0.261 e. The second-order valence-electron chi connectivity index (χ2n) is 6.18. The van der Waals surface area contributed by atoms with Gasteiger partial charge in [0.25, 0.3) is 5.56 Å². The number of aryl methyl sites for hydroxylation is 2. The van der Waals surface area contributed by atoms with Crippen molar-refractivity contribution < 1.29 is 0 Å². The van der Waals surface area contributed by atoms with E-state index in [0.717, 1.165) is 29.4 Å². The van der Waals surface area contributed by atoms with Crippen LogP contribution in [-0.4, -0.2) is 34.1 Å². The van der Waals surface area contributed by atoms with Crippen molar-refractivity contribution in [2.24, 2.45) is 0 Å². The van der Waals surface area contributed by atoms with E-state index in [9.17, 15) is 4.79 Å². The van der Waals surface area contributed by atoms with Crippen molar-refractivity contribution in [1.29, 1.82) is 0 Å². The predicted molar refractivity (Wildman–Crippen MR) is 85.6 cm³/mol. The van der Waals surface area contributed by atoms with Crippen molar-refractivity contribution in [3.05, 3.63) is 40.4 Å². The van der Waals surface area contributed by atoms with Crippen LogP contribution in [0.2, 0.25) is 0 Å². The fourth-order valence-corrected chi connectivity index (χ4v) is 3.22. The zero-order valence-corrected chi connectivity index (χ0v) is 12.9. The molecule has 1 aliphatic heterocycles. The number of nitrogens with zero attached hydrogens (tertiary/aromatic N) is 3. The summed E-state index contributed by atoms with van der Waals surface area (Å²) in [6, 6.07) is 6.43. The van der Waals surface area contributed by atoms with Gasteiger partial charge in [-0.2, -0.15) is 0 Å². The maximum atomic E-state index is 12.5. The van der Waals surface area contributed by atoms with E-state index in [0.29, 0.717) is 6.04 Å². The lowest BCUT2D eigenvalue weighted by molar-refractivity contribution is 0.170. The van der Waals surface area contributed by atoms with Crippen LogP contribution in [0.4, 0.5) is 0 Å². The van der Waals surface area contributed by atoms with Crippen LogP contribution < -0.4 is 5.56 Å². The Hall–Kier alpha value is -1.68. The monoisotopic (exact) mass is 285 g/mol. The average molecular weight is 285 g/mol. The molecule has 0 radical (unpaired) electrons. The predicted octanol–water partition coefficient (Wildman–Crippen LogP) is 2.58. The summed E-state index contributed by atoms with van der Waals surface area (Å²) in [4.78, 5) is 19.4. The number of fused-ring (bicyclic) bond motifs is 1. The molecule has 1 atom stereocenters. The fourth-order valence-electron chi connectivity index (χ4n) is 3.22. The van der Waals surface area contributed by atoms with Crippen LogP contribution in [0, 0.1) is 6.92 Å². The van der Waals surface area contributed by atoms with Gasteiger partial charge in [-0.3, -0.25) is 9.36 Å². The standard InChI is InChI=1S/C17H23N3O/c1-13-6-7-15-16(11-13)18-12-20(17(15)21)10-8-14-5-3-4-9-19(14)2/h6-7,11-12,14H,3-5,8-10H2,1-2H3. The molecule has 0 spiro atoms. The first kappa shape index (κ1) is 14.3. The SMILES string of the molecule is Cc1ccc2c(=O)n(CCC3CCCCN3C)cnc2c1. The van der Waals surface area contributed by atoms with Gasteiger partial charge >= 0.3 is 0 Å². The smallest absolute Gasteiger partial charge is 0.261 e. The quantitative estimate of drug-likeness (QED) is 0.870. The molecule has 0 amide bonds. The highest BCUT2D eigenvalue weighted by Crippen LogP contribution is 2.18. The normalized spacial score (nSPS) is 20.0. The Morgan fingerprint density at radius 3 is 3.00 bits per heavy atom. The molecule has 1 fully saturated rings. The first-order valence-electron chi connectivity index (χ1n) is 7.81. The Kier molecular flexibility index (Phi) is 4.06. The van der Waals surface area contributed by atoms with Crippen LogP contribution in [0.5, 0.6) is 0 Å². The van der Waals surface area contributed by atoms with Crippen LogP contribution in [0.3, 0.4) is 0 Å². The van der Waals surface area contributed by atoms with Gasteiger partial charge in [0.15, 0.2) is 0 Å². The molecule has 0 bridgehead atoms. The molecule has 1 aromatic carbocycles. The van der Waals surface area contributed by atoms with E-state index in [1.807, 2.05) is 25.1 Å². The number of hydrogen-bond acceptors (Lipinski definition) is 3. The van der Waals surface area contributed by atoms with Gasteiger partial charge < -0.3 is 4.90 Å². The summed E-state index contributed by atoms with van der Waals surface area (Å²) in [5, 5.41) is 0.722. The molecular formula is C17H23N3O. The molecule has 2 heterocycles. The zero-order chi connectivity index (χ0) is 14.8. The highest BCUT2D eigenvalue weighted by atomic mass is 16.1. The van der Waals surface area contributed by atoms with Crippen molar-refractivity contribution in [1.82, 2.24) is 14.5 Å². The lowest BCUT2D eigenvalue weighted by Crippen LogP contribution is -2.37. The van der Waals surface area contributed by atoms with E-state index in [4.69, 9.17) is 0 Å². The van der Waals surface area contributed by atoms with E-state index < -0.39 is 0 Å². The first-order valence-corrected chi connectivity index (χ1v) is 7.81. The van der Waals surface area contributed by atoms with Crippen LogP contribution in [0.25, 0.3) is 10.9 Å². The van der Waals surface area contributed by atoms with Crippen molar-refractivity contribution in [3.63, 3.8) is 0 Å². The van der Waals surface area contributed by atoms with Crippen molar-refractivity contribution >= 4 is 10.9 Å². The summed E-state index contributed by atoms with van der Waals surface area (Å²) in [6.45, 7) is 3.95. The summed E-state index contributed by atoms with van der Waals surface area (Å²) in [5.41, 5.74) is 2.01. The molecule has 0 aliphatic carbocycles. The van der Waals surface area contributed by atoms with E-state index in [1.54, 1.807) is 10.9 Å². The van der Waals surface area contributed by atoms with Crippen LogP contribution in [0.15, 0.2) is 29.3 Å². The third-order valence-electron chi connectivity index (χ3n) is 4.61. The lowest BCUT2D eigenvalue weighted by atomic mass is 10.0. The highest BCUT2D eigenvalue weighted by Gasteiger charge is 2.18. The Morgan fingerprint density at radius 1 is 1.33 bits per heavy atom. The van der Waals surface area contributed by atoms with Gasteiger partial charge in [-0.1, -0.05) is 12.5 Å². The molecule has 1 unspecified atom stereocenters. The van der Waals surface area contributed by atoms with Gasteiger partial charge in [0.2, 0.25) is 0 Å². The minimum absolute atomic E-state index is 0.0819. The van der Waals surface area contributed by atoms with E-state index in [2.05, 4.69) is 16.9 Å². The Labute approximate surface area is 125 Å². The van der Waals surface area contributed by atoms with E-state index in [-0.39, 0.29) is 5.56 Å². The van der Waals surface area contributed by atoms with Crippen molar-refractivity contribution in [2.45, 2.75) is 45.2 Å². The zero-order valence-electron chi connectivity index (χ0n) is 12.9. The average Bonchev–Trinajstić information content (AvgIpc) is 2.48. The number of rotatable bonds is 3. The molecule has 1 aliphatic rings. The van der Waals surface area contributed by atoms with Crippen LogP contribution in [0.1, 0.15) is 31.2 Å². The minimum Gasteiger partial charge on any atom is -0.303 e. The lowest BCUT2D eigenvalue weighted by Gasteiger charge is -2.32. The largest absolute Gasteiger partial charge is 0.303 e. The van der Waals surface area contributed by atoms with Crippen LogP contribution in [-0.2, 0) is 6.54 Å². The topological polar surface area (TPSA) is 38.1 Å². The number of benzene rings is 1. The van der Waals surface area contributed by atoms with Gasteiger partial charge in [-0.05, 0) is 57.5 Å². The summed E-state index contributed by atoms with van der Waals surface area (Å²) >= 11 is 0. The van der Waals surface area contributed by atoms with Crippen molar-refractivity contribution in [2.75, 3.05) is 13.6 Å². The summed E-state index contributed by atoms with van der Waals surface area (Å²) < 4.78 is 1.76. The van der Waals surface area contributed by atoms with Crippen LogP contribution >= 0.6 is 0 Å². The number of piperidine rings is 1. The Morgan fingerprint density at radius 2 is 2.19 bits per heavy atom. The molecule has 2 aromatic rings. The van der Waals surface area contributed by atoms with Gasteiger partial charge in [0, 0.05) is 12.6 Å². The van der Waals surface area contributed by atoms with E-state index in [1.165, 1.54) is 25.8 Å². The molecular weight excluding hydrogens is 262 g/mol. The maximum absolute atomic E-state index is 12.5. The van der Waals surface area contributed by atoms with E-state index >= 15 is 0 Å². The molecule has 0 saturated carbocycles. The molecule has 21 heavy (non-hydrogen) atoms. The number of aromatic nitrogens is 2. The molecule has 1 saturated heterocycles. The summed E-state index contributed by atoms with van der Waals surface area (Å²) in [7, 11) is 2.19. The second kappa shape index (κ2) is 5.98. The molecule has 4 heteroatoms. The second-order valence-corrected chi connectivity index (χ2v) is 6.18. The summed E-state index contributed by atoms with van der Waals surface area (Å²) in [6.07, 6.45) is 6.57. The summed E-state index contributed by atoms with van der Waals surface area (Å²) in [5.74, 6) is 0. The van der Waals surface area contributed by atoms with Gasteiger partial charge in [-0.25, -0.2) is 4.98 Å². The third kappa shape index (κ3) is 3.00. The fraction of sp³-hybridized carbons (Fsp3) is 0.529. The number of hydrogen-bond donors (Lipinski definition) is 0. The molecule has 1 aromatic heterocycles. The Bertz CT molecular complexity index is 692. The first-order chi connectivity index (χ1) is 10.1. The third-order valence-corrected chi connectivity index (χ3v) is 4.61. The molecule has 4 nitrogen and oxygen atoms in total. The van der Waals surface area contributed by atoms with Gasteiger partial charge in [-0.15, -0.1) is 0 Å². The number of likely N-dealkylation sites (tertiary alicyclic amines) is 1. The molecule has 112 valence electrons. The molecule has 3 rings (SSSR count). The van der Waals surface area contributed by atoms with Crippen molar-refractivity contribution in [3.8, 4) is 0 Å². The Balaban J connectivity index is 1.79. The minimum atomic E-state index is 0.0819. The highest BCUT2D eigenvalue weighted by molar-refractivity contribution is 5.77. The van der Waals surface area contributed by atoms with Gasteiger partial charge in [0.1, 0.15) is 0 Å².